The Morgan fingerprint density at radius 3 is 2.60 bits per heavy atom. The fraction of sp³-hybridized carbons (Fsp3) is 0.882. The average Bonchev–Trinajstić information content (AvgIpc) is 2.34. The van der Waals surface area contributed by atoms with Crippen LogP contribution in [-0.2, 0) is 4.43 Å². The van der Waals surface area contributed by atoms with Crippen molar-refractivity contribution in [2.75, 3.05) is 0 Å². The molecule has 0 aliphatic heterocycles. The molecule has 2 saturated carbocycles. The summed E-state index contributed by atoms with van der Waals surface area (Å²) in [5, 5.41) is 11.4. The van der Waals surface area contributed by atoms with Gasteiger partial charge in [-0.15, -0.1) is 0 Å². The minimum atomic E-state index is -1.59. The minimum Gasteiger partial charge on any atom is -0.547 e. The predicted molar refractivity (Wildman–Crippen MR) is 84.9 cm³/mol. The van der Waals surface area contributed by atoms with Gasteiger partial charge < -0.3 is 9.53 Å². The van der Waals surface area contributed by atoms with Crippen molar-refractivity contribution in [1.29, 1.82) is 0 Å². The van der Waals surface area contributed by atoms with Crippen molar-refractivity contribution in [3.05, 3.63) is 11.8 Å². The maximum Gasteiger partial charge on any atom is 0.241 e. The molecule has 114 valence electrons. The molecule has 0 heterocycles. The number of rotatable bonds is 2. The SMILES string of the molecule is C[Si](C)(C)OC1=CC[C@H]2CCCC[C@@H]3CCC[C@@]2(O)[C@H]13. The van der Waals surface area contributed by atoms with Crippen molar-refractivity contribution in [3.63, 3.8) is 0 Å². The Morgan fingerprint density at radius 1 is 1.15 bits per heavy atom. The Kier molecular flexibility index (Phi) is 3.78. The van der Waals surface area contributed by atoms with Crippen LogP contribution in [0.2, 0.25) is 19.6 Å². The Labute approximate surface area is 124 Å². The van der Waals surface area contributed by atoms with E-state index in [-0.39, 0.29) is 0 Å². The van der Waals surface area contributed by atoms with Gasteiger partial charge in [-0.25, -0.2) is 0 Å². The fourth-order valence-corrected chi connectivity index (χ4v) is 5.76. The van der Waals surface area contributed by atoms with E-state index in [2.05, 4.69) is 25.7 Å². The lowest BCUT2D eigenvalue weighted by Crippen LogP contribution is -2.55. The van der Waals surface area contributed by atoms with Crippen LogP contribution in [0, 0.1) is 17.8 Å². The summed E-state index contributed by atoms with van der Waals surface area (Å²) >= 11 is 0. The third-order valence-electron chi connectivity index (χ3n) is 5.58. The standard InChI is InChI=1S/C17H30O2Si/c1-20(2,3)19-15-11-10-14-9-5-4-7-13-8-6-12-17(14,18)16(13)15/h11,13-14,16,18H,4-10,12H2,1-3H3/t13-,14-,16+,17+/m1/s1. The summed E-state index contributed by atoms with van der Waals surface area (Å²) in [7, 11) is -1.59. The molecule has 1 N–H and O–H groups in total. The highest BCUT2D eigenvalue weighted by molar-refractivity contribution is 6.70. The summed E-state index contributed by atoms with van der Waals surface area (Å²) in [5.41, 5.74) is -0.465. The molecule has 0 aromatic carbocycles. The van der Waals surface area contributed by atoms with E-state index in [1.165, 1.54) is 38.5 Å². The highest BCUT2D eigenvalue weighted by Gasteiger charge is 2.53. The molecule has 0 amide bonds. The zero-order valence-electron chi connectivity index (χ0n) is 13.3. The van der Waals surface area contributed by atoms with Crippen molar-refractivity contribution in [2.45, 2.75) is 76.6 Å². The van der Waals surface area contributed by atoms with Gasteiger partial charge in [0.15, 0.2) is 0 Å². The summed E-state index contributed by atoms with van der Waals surface area (Å²) in [4.78, 5) is 0. The summed E-state index contributed by atoms with van der Waals surface area (Å²) in [5.74, 6) is 2.58. The molecule has 4 bridgehead atoms. The van der Waals surface area contributed by atoms with Crippen molar-refractivity contribution >= 4 is 8.32 Å². The summed E-state index contributed by atoms with van der Waals surface area (Å²) < 4.78 is 6.40. The smallest absolute Gasteiger partial charge is 0.241 e. The largest absolute Gasteiger partial charge is 0.547 e. The van der Waals surface area contributed by atoms with Gasteiger partial charge in [0.05, 0.1) is 11.4 Å². The molecule has 4 atom stereocenters. The molecule has 0 spiro atoms. The monoisotopic (exact) mass is 294 g/mol. The lowest BCUT2D eigenvalue weighted by atomic mass is 9.57. The molecule has 0 unspecified atom stereocenters. The lowest BCUT2D eigenvalue weighted by molar-refractivity contribution is -0.128. The van der Waals surface area contributed by atoms with E-state index in [0.717, 1.165) is 18.6 Å². The van der Waals surface area contributed by atoms with E-state index in [1.54, 1.807) is 0 Å². The van der Waals surface area contributed by atoms with Crippen molar-refractivity contribution in [3.8, 4) is 0 Å². The van der Waals surface area contributed by atoms with Gasteiger partial charge in [-0.1, -0.05) is 19.3 Å². The summed E-state index contributed by atoms with van der Waals surface area (Å²) in [6.07, 6.45) is 12.0. The first-order valence-electron chi connectivity index (χ1n) is 8.51. The van der Waals surface area contributed by atoms with E-state index >= 15 is 0 Å². The van der Waals surface area contributed by atoms with Crippen LogP contribution in [0.3, 0.4) is 0 Å². The first-order valence-corrected chi connectivity index (χ1v) is 11.9. The molecule has 3 rings (SSSR count). The molecule has 3 aliphatic carbocycles. The number of hydrogen-bond acceptors (Lipinski definition) is 2. The van der Waals surface area contributed by atoms with Gasteiger partial charge in [-0.3, -0.25) is 0 Å². The van der Waals surface area contributed by atoms with E-state index in [1.807, 2.05) is 0 Å². The first kappa shape index (κ1) is 14.6. The fourth-order valence-electron chi connectivity index (χ4n) is 4.84. The molecule has 2 nitrogen and oxygen atoms in total. The summed E-state index contributed by atoms with van der Waals surface area (Å²) in [6.45, 7) is 6.76. The number of aliphatic hydroxyl groups is 1. The van der Waals surface area contributed by atoms with Gasteiger partial charge in [0.25, 0.3) is 0 Å². The van der Waals surface area contributed by atoms with Gasteiger partial charge in [0.1, 0.15) is 0 Å². The van der Waals surface area contributed by atoms with Gasteiger partial charge in [-0.05, 0) is 69.7 Å². The molecule has 2 fully saturated rings. The second-order valence-corrected chi connectivity index (χ2v) is 12.6. The van der Waals surface area contributed by atoms with Crippen LogP contribution < -0.4 is 0 Å². The Balaban J connectivity index is 1.95. The van der Waals surface area contributed by atoms with Gasteiger partial charge in [0, 0.05) is 5.92 Å². The van der Waals surface area contributed by atoms with Gasteiger partial charge >= 0.3 is 0 Å². The van der Waals surface area contributed by atoms with E-state index in [0.29, 0.717) is 17.8 Å². The van der Waals surface area contributed by atoms with E-state index in [9.17, 15) is 5.11 Å². The zero-order valence-corrected chi connectivity index (χ0v) is 14.3. The minimum absolute atomic E-state index is 0.294. The Morgan fingerprint density at radius 2 is 1.85 bits per heavy atom. The normalized spacial score (nSPS) is 41.4. The number of hydrogen-bond donors (Lipinski definition) is 1. The highest BCUT2D eigenvalue weighted by Crippen LogP contribution is 2.54. The topological polar surface area (TPSA) is 29.5 Å². The quantitative estimate of drug-likeness (QED) is 0.762. The van der Waals surface area contributed by atoms with Crippen LogP contribution in [0.5, 0.6) is 0 Å². The van der Waals surface area contributed by atoms with Gasteiger partial charge in [0.2, 0.25) is 8.32 Å². The Bertz CT molecular complexity index is 398. The molecule has 0 radical (unpaired) electrons. The Hall–Kier alpha value is -0.283. The maximum absolute atomic E-state index is 11.4. The van der Waals surface area contributed by atoms with Crippen LogP contribution in [0.15, 0.2) is 11.8 Å². The second kappa shape index (κ2) is 5.17. The molecule has 20 heavy (non-hydrogen) atoms. The third-order valence-corrected chi connectivity index (χ3v) is 6.43. The molecular weight excluding hydrogens is 264 g/mol. The number of allylic oxidation sites excluding steroid dienone is 1. The molecule has 0 aromatic heterocycles. The molecular formula is C17H30O2Si. The van der Waals surface area contributed by atoms with Crippen LogP contribution >= 0.6 is 0 Å². The molecule has 3 heteroatoms. The molecule has 0 saturated heterocycles. The average molecular weight is 295 g/mol. The first-order chi connectivity index (χ1) is 9.40. The van der Waals surface area contributed by atoms with E-state index in [4.69, 9.17) is 4.43 Å². The second-order valence-electron chi connectivity index (χ2n) is 8.16. The van der Waals surface area contributed by atoms with Crippen LogP contribution in [0.4, 0.5) is 0 Å². The third kappa shape index (κ3) is 2.59. The summed E-state index contributed by atoms with van der Waals surface area (Å²) in [6, 6.07) is 0. The van der Waals surface area contributed by atoms with Crippen LogP contribution in [0.25, 0.3) is 0 Å². The lowest BCUT2D eigenvalue weighted by Gasteiger charge is -2.53. The van der Waals surface area contributed by atoms with Crippen LogP contribution in [0.1, 0.15) is 51.4 Å². The van der Waals surface area contributed by atoms with Crippen molar-refractivity contribution in [2.24, 2.45) is 17.8 Å². The molecule has 3 aliphatic rings. The molecule has 0 aromatic rings. The maximum atomic E-state index is 11.4. The zero-order chi connectivity index (χ0) is 14.4. The van der Waals surface area contributed by atoms with E-state index < -0.39 is 13.9 Å². The predicted octanol–water partition coefficient (Wildman–Crippen LogP) is 4.46. The van der Waals surface area contributed by atoms with Crippen molar-refractivity contribution < 1.29 is 9.53 Å². The van der Waals surface area contributed by atoms with Crippen molar-refractivity contribution in [1.82, 2.24) is 0 Å². The van der Waals surface area contributed by atoms with Crippen LogP contribution in [-0.4, -0.2) is 19.0 Å². The highest BCUT2D eigenvalue weighted by atomic mass is 28.4. The van der Waals surface area contributed by atoms with Gasteiger partial charge in [-0.2, -0.15) is 0 Å².